The molecule has 5 heteroatoms. The molecule has 1 aliphatic heterocycles. The normalized spacial score (nSPS) is 23.7. The molecule has 2 atom stereocenters. The predicted molar refractivity (Wildman–Crippen MR) is 109 cm³/mol. The van der Waals surface area contributed by atoms with Crippen molar-refractivity contribution in [2.45, 2.75) is 71.1 Å². The highest BCUT2D eigenvalue weighted by Crippen LogP contribution is 2.44. The van der Waals surface area contributed by atoms with Crippen LogP contribution in [0.2, 0.25) is 0 Å². The van der Waals surface area contributed by atoms with Gasteiger partial charge in [0.15, 0.2) is 5.11 Å². The summed E-state index contributed by atoms with van der Waals surface area (Å²) in [5.41, 5.74) is 5.13. The fourth-order valence-corrected chi connectivity index (χ4v) is 5.28. The van der Waals surface area contributed by atoms with Crippen molar-refractivity contribution in [1.29, 1.82) is 0 Å². The fourth-order valence-electron chi connectivity index (χ4n) is 4.89. The van der Waals surface area contributed by atoms with Crippen LogP contribution < -0.4 is 5.32 Å². The van der Waals surface area contributed by atoms with Crippen LogP contribution in [0.5, 0.6) is 0 Å². The third kappa shape index (κ3) is 2.82. The molecule has 0 amide bonds. The first-order valence-corrected chi connectivity index (χ1v) is 10.2. The van der Waals surface area contributed by atoms with E-state index in [4.69, 9.17) is 12.2 Å². The van der Waals surface area contributed by atoms with Gasteiger partial charge in [-0.2, -0.15) is 0 Å². The number of hydrogen-bond acceptors (Lipinski definition) is 2. The lowest BCUT2D eigenvalue weighted by Gasteiger charge is -2.33. The van der Waals surface area contributed by atoms with Crippen LogP contribution in [0.25, 0.3) is 0 Å². The highest BCUT2D eigenvalue weighted by atomic mass is 32.1. The van der Waals surface area contributed by atoms with Crippen LogP contribution in [-0.4, -0.2) is 25.6 Å². The first kappa shape index (κ1) is 17.5. The third-order valence-electron chi connectivity index (χ3n) is 6.10. The predicted octanol–water partition coefficient (Wildman–Crippen LogP) is 4.43. The Bertz CT molecular complexity index is 792. The van der Waals surface area contributed by atoms with Crippen molar-refractivity contribution >= 4 is 17.3 Å². The molecule has 138 valence electrons. The van der Waals surface area contributed by atoms with E-state index in [1.54, 1.807) is 0 Å². The molecular formula is C21H28N4S. The average Bonchev–Trinajstić information content (AvgIpc) is 3.34. The van der Waals surface area contributed by atoms with E-state index in [1.165, 1.54) is 42.6 Å². The Labute approximate surface area is 161 Å². The van der Waals surface area contributed by atoms with Gasteiger partial charge < -0.3 is 14.8 Å². The summed E-state index contributed by atoms with van der Waals surface area (Å²) >= 11 is 5.82. The topological polar surface area (TPSA) is 33.1 Å². The van der Waals surface area contributed by atoms with Gasteiger partial charge in [-0.25, -0.2) is 0 Å². The summed E-state index contributed by atoms with van der Waals surface area (Å²) in [5.74, 6) is 0. The number of thiocarbonyl (C=S) groups is 1. The Hall–Kier alpha value is -1.88. The van der Waals surface area contributed by atoms with E-state index in [9.17, 15) is 0 Å². The van der Waals surface area contributed by atoms with Crippen LogP contribution in [0.15, 0.2) is 30.5 Å². The molecule has 1 N–H and O–H groups in total. The van der Waals surface area contributed by atoms with Crippen LogP contribution in [0.1, 0.15) is 67.3 Å². The molecule has 2 aromatic rings. The van der Waals surface area contributed by atoms with Crippen molar-refractivity contribution < 1.29 is 0 Å². The third-order valence-corrected chi connectivity index (χ3v) is 6.43. The van der Waals surface area contributed by atoms with Gasteiger partial charge in [0.1, 0.15) is 0 Å². The van der Waals surface area contributed by atoms with Crippen molar-refractivity contribution in [2.24, 2.45) is 0 Å². The standard InChI is InChI=1S/C21H28N4S/c1-4-24-14(2)13-17(15(24)3)20-19(18-11-7-8-12-22-18)23-21(26)25(20)16-9-5-6-10-16/h7-8,11-13,16,19-20H,4-6,9-10H2,1-3H3,(H,23,26)/t19-,20-/m0/s1. The van der Waals surface area contributed by atoms with Gasteiger partial charge >= 0.3 is 0 Å². The average molecular weight is 369 g/mol. The van der Waals surface area contributed by atoms with E-state index >= 15 is 0 Å². The van der Waals surface area contributed by atoms with E-state index in [0.717, 1.165) is 17.4 Å². The molecule has 4 rings (SSSR count). The zero-order valence-corrected chi connectivity index (χ0v) is 16.7. The Kier molecular flexibility index (Phi) is 4.74. The highest BCUT2D eigenvalue weighted by molar-refractivity contribution is 7.80. The summed E-state index contributed by atoms with van der Waals surface area (Å²) in [6.45, 7) is 7.66. The summed E-state index contributed by atoms with van der Waals surface area (Å²) in [7, 11) is 0. The van der Waals surface area contributed by atoms with Crippen LogP contribution in [0, 0.1) is 13.8 Å². The Morgan fingerprint density at radius 1 is 1.23 bits per heavy atom. The van der Waals surface area contributed by atoms with E-state index in [2.05, 4.69) is 58.7 Å². The molecule has 1 aliphatic carbocycles. The van der Waals surface area contributed by atoms with E-state index in [1.807, 2.05) is 12.3 Å². The quantitative estimate of drug-likeness (QED) is 0.809. The molecule has 0 spiro atoms. The molecule has 0 aromatic carbocycles. The molecule has 2 fully saturated rings. The van der Waals surface area contributed by atoms with Crippen molar-refractivity contribution in [3.8, 4) is 0 Å². The van der Waals surface area contributed by atoms with Crippen molar-refractivity contribution in [3.63, 3.8) is 0 Å². The second-order valence-electron chi connectivity index (χ2n) is 7.54. The summed E-state index contributed by atoms with van der Waals surface area (Å²) in [6, 6.07) is 9.38. The number of nitrogens with one attached hydrogen (secondary N) is 1. The maximum atomic E-state index is 5.82. The molecule has 3 heterocycles. The minimum Gasteiger partial charge on any atom is -0.352 e. The monoisotopic (exact) mass is 368 g/mol. The lowest BCUT2D eigenvalue weighted by Crippen LogP contribution is -2.37. The Balaban J connectivity index is 1.81. The largest absolute Gasteiger partial charge is 0.352 e. The lowest BCUT2D eigenvalue weighted by atomic mass is 9.95. The summed E-state index contributed by atoms with van der Waals surface area (Å²) in [6.07, 6.45) is 6.96. The number of nitrogens with zero attached hydrogens (tertiary/aromatic N) is 3. The smallest absolute Gasteiger partial charge is 0.170 e. The van der Waals surface area contributed by atoms with Gasteiger partial charge in [-0.1, -0.05) is 18.9 Å². The minimum atomic E-state index is 0.107. The van der Waals surface area contributed by atoms with Crippen LogP contribution in [0.3, 0.4) is 0 Å². The maximum Gasteiger partial charge on any atom is 0.170 e. The minimum absolute atomic E-state index is 0.107. The summed E-state index contributed by atoms with van der Waals surface area (Å²) in [5, 5.41) is 4.49. The molecular weight excluding hydrogens is 340 g/mol. The highest BCUT2D eigenvalue weighted by Gasteiger charge is 2.44. The number of aryl methyl sites for hydroxylation is 1. The van der Waals surface area contributed by atoms with Gasteiger partial charge in [-0.05, 0) is 69.6 Å². The maximum absolute atomic E-state index is 5.82. The Morgan fingerprint density at radius 3 is 2.62 bits per heavy atom. The van der Waals surface area contributed by atoms with Crippen molar-refractivity contribution in [2.75, 3.05) is 0 Å². The van der Waals surface area contributed by atoms with Crippen molar-refractivity contribution in [3.05, 3.63) is 53.1 Å². The molecule has 2 aliphatic rings. The molecule has 1 saturated heterocycles. The fraction of sp³-hybridized carbons (Fsp3) is 0.524. The van der Waals surface area contributed by atoms with Crippen LogP contribution >= 0.6 is 12.2 Å². The summed E-state index contributed by atoms with van der Waals surface area (Å²) < 4.78 is 2.40. The lowest BCUT2D eigenvalue weighted by molar-refractivity contribution is 0.245. The van der Waals surface area contributed by atoms with Gasteiger partial charge in [0.2, 0.25) is 0 Å². The second kappa shape index (κ2) is 7.03. The van der Waals surface area contributed by atoms with Crippen molar-refractivity contribution in [1.82, 2.24) is 19.8 Å². The second-order valence-corrected chi connectivity index (χ2v) is 7.93. The van der Waals surface area contributed by atoms with E-state index < -0.39 is 0 Å². The number of rotatable bonds is 4. The molecule has 0 bridgehead atoms. The number of pyridine rings is 1. The first-order valence-electron chi connectivity index (χ1n) is 9.78. The molecule has 0 unspecified atom stereocenters. The number of hydrogen-bond donors (Lipinski definition) is 1. The van der Waals surface area contributed by atoms with Gasteiger partial charge in [-0.15, -0.1) is 0 Å². The van der Waals surface area contributed by atoms with E-state index in [0.29, 0.717) is 6.04 Å². The molecule has 26 heavy (non-hydrogen) atoms. The van der Waals surface area contributed by atoms with Crippen LogP contribution in [-0.2, 0) is 6.54 Å². The van der Waals surface area contributed by atoms with Gasteiger partial charge in [0.25, 0.3) is 0 Å². The van der Waals surface area contributed by atoms with E-state index in [-0.39, 0.29) is 12.1 Å². The molecule has 0 radical (unpaired) electrons. The molecule has 4 nitrogen and oxygen atoms in total. The SMILES string of the molecule is CCn1c(C)cc([C@H]2[C@H](c3ccccn3)NC(=S)N2C2CCCC2)c1C. The zero-order valence-electron chi connectivity index (χ0n) is 15.9. The summed E-state index contributed by atoms with van der Waals surface area (Å²) in [4.78, 5) is 7.14. The molecule has 2 aromatic heterocycles. The van der Waals surface area contributed by atoms with Crippen LogP contribution in [0.4, 0.5) is 0 Å². The van der Waals surface area contributed by atoms with Gasteiger partial charge in [-0.3, -0.25) is 4.98 Å². The van der Waals surface area contributed by atoms with Gasteiger partial charge in [0.05, 0.1) is 17.8 Å². The molecule has 1 saturated carbocycles. The number of aromatic nitrogens is 2. The first-order chi connectivity index (χ1) is 12.6. The van der Waals surface area contributed by atoms with Gasteiger partial charge in [0, 0.05) is 30.2 Å². The Morgan fingerprint density at radius 2 is 2.00 bits per heavy atom. The zero-order chi connectivity index (χ0) is 18.3.